The van der Waals surface area contributed by atoms with E-state index in [-0.39, 0.29) is 11.5 Å². The van der Waals surface area contributed by atoms with E-state index in [0.29, 0.717) is 22.8 Å². The number of amides is 1. The second kappa shape index (κ2) is 7.77. The zero-order valence-electron chi connectivity index (χ0n) is 13.4. The Morgan fingerprint density at radius 1 is 1.12 bits per heavy atom. The van der Waals surface area contributed by atoms with E-state index in [9.17, 15) is 4.79 Å². The number of nitrogen functional groups attached to an aromatic ring is 1. The van der Waals surface area contributed by atoms with Gasteiger partial charge in [0.2, 0.25) is 5.75 Å². The number of aromatic nitrogens is 2. The fraction of sp³-hybridized carbons (Fsp3) is 0.200. The lowest BCUT2D eigenvalue weighted by molar-refractivity contribution is 0.0951. The smallest absolute Gasteiger partial charge is 0.293 e. The third-order valence-electron chi connectivity index (χ3n) is 3.05. The Morgan fingerprint density at radius 3 is 2.46 bits per heavy atom. The number of hydrazone groups is 1. The van der Waals surface area contributed by atoms with Crippen LogP contribution in [-0.4, -0.2) is 43.4 Å². The number of hydrogen-bond donors (Lipinski definition) is 2. The average Bonchev–Trinajstić information content (AvgIpc) is 2.61. The van der Waals surface area contributed by atoms with Crippen LogP contribution < -0.4 is 25.4 Å². The van der Waals surface area contributed by atoms with Crippen LogP contribution in [0.5, 0.6) is 17.2 Å². The topological polar surface area (TPSA) is 121 Å². The van der Waals surface area contributed by atoms with E-state index in [4.69, 9.17) is 19.9 Å². The number of nitrogens with one attached hydrogen (secondary N) is 1. The van der Waals surface area contributed by atoms with Crippen molar-refractivity contribution in [3.8, 4) is 17.2 Å². The van der Waals surface area contributed by atoms with Crippen molar-refractivity contribution in [1.29, 1.82) is 0 Å². The lowest BCUT2D eigenvalue weighted by Crippen LogP contribution is -2.21. The van der Waals surface area contributed by atoms with E-state index < -0.39 is 5.91 Å². The van der Waals surface area contributed by atoms with Gasteiger partial charge in [-0.1, -0.05) is 0 Å². The van der Waals surface area contributed by atoms with Gasteiger partial charge >= 0.3 is 0 Å². The highest BCUT2D eigenvalue weighted by molar-refractivity contribution is 5.97. The van der Waals surface area contributed by atoms with Crippen LogP contribution >= 0.6 is 0 Å². The number of nitrogens with two attached hydrogens (primary N) is 1. The second-order valence-electron chi connectivity index (χ2n) is 4.41. The molecule has 0 spiro atoms. The van der Waals surface area contributed by atoms with Crippen molar-refractivity contribution in [3.63, 3.8) is 0 Å². The van der Waals surface area contributed by atoms with Crippen molar-refractivity contribution in [1.82, 2.24) is 15.4 Å². The van der Waals surface area contributed by atoms with Gasteiger partial charge < -0.3 is 19.9 Å². The number of methoxy groups -OCH3 is 3. The maximum absolute atomic E-state index is 12.0. The fourth-order valence-electron chi connectivity index (χ4n) is 1.96. The van der Waals surface area contributed by atoms with Crippen LogP contribution in [0.15, 0.2) is 29.6 Å². The van der Waals surface area contributed by atoms with Crippen molar-refractivity contribution < 1.29 is 19.0 Å². The van der Waals surface area contributed by atoms with E-state index in [2.05, 4.69) is 20.5 Å². The van der Waals surface area contributed by atoms with Crippen molar-refractivity contribution >= 4 is 17.9 Å². The van der Waals surface area contributed by atoms with Gasteiger partial charge in [-0.15, -0.1) is 0 Å². The summed E-state index contributed by atoms with van der Waals surface area (Å²) >= 11 is 0. The molecule has 0 radical (unpaired) electrons. The monoisotopic (exact) mass is 331 g/mol. The molecule has 1 heterocycles. The van der Waals surface area contributed by atoms with E-state index in [1.165, 1.54) is 39.9 Å². The third-order valence-corrected chi connectivity index (χ3v) is 3.05. The molecular formula is C15H17N5O4. The minimum absolute atomic E-state index is 0.00562. The first-order valence-corrected chi connectivity index (χ1v) is 6.81. The molecule has 0 aliphatic heterocycles. The predicted octanol–water partition coefficient (Wildman–Crippen LogP) is 0.849. The Balaban J connectivity index is 2.20. The summed E-state index contributed by atoms with van der Waals surface area (Å²) in [5.41, 5.74) is 8.49. The standard InChI is InChI=1S/C15H17N5O4/c1-22-10-5-4-9(12(23-2)13(10)24-3)8-19-20-15(21)11-14(16)18-7-6-17-11/h4-8H,1-3H3,(H2,16,18)(H,20,21)/b19-8-. The number of anilines is 1. The first-order valence-electron chi connectivity index (χ1n) is 6.81. The quantitative estimate of drug-likeness (QED) is 0.594. The van der Waals surface area contributed by atoms with Crippen LogP contribution in [0.2, 0.25) is 0 Å². The van der Waals surface area contributed by atoms with Crippen molar-refractivity contribution in [3.05, 3.63) is 35.8 Å². The number of rotatable bonds is 6. The summed E-state index contributed by atoms with van der Waals surface area (Å²) in [6.45, 7) is 0. The second-order valence-corrected chi connectivity index (χ2v) is 4.41. The summed E-state index contributed by atoms with van der Waals surface area (Å²) in [5, 5.41) is 3.87. The zero-order valence-corrected chi connectivity index (χ0v) is 13.4. The van der Waals surface area contributed by atoms with Crippen LogP contribution in [0.3, 0.4) is 0 Å². The highest BCUT2D eigenvalue weighted by Crippen LogP contribution is 2.38. The molecule has 0 unspecified atom stereocenters. The Bertz CT molecular complexity index is 764. The van der Waals surface area contributed by atoms with Crippen LogP contribution in [-0.2, 0) is 0 Å². The van der Waals surface area contributed by atoms with E-state index in [0.717, 1.165) is 0 Å². The molecule has 24 heavy (non-hydrogen) atoms. The molecule has 0 bridgehead atoms. The van der Waals surface area contributed by atoms with Gasteiger partial charge in [0.05, 0.1) is 27.5 Å². The molecule has 0 atom stereocenters. The van der Waals surface area contributed by atoms with Gasteiger partial charge in [0.15, 0.2) is 23.0 Å². The largest absolute Gasteiger partial charge is 0.493 e. The molecule has 0 aliphatic carbocycles. The van der Waals surface area contributed by atoms with E-state index in [1.807, 2.05) is 0 Å². The molecular weight excluding hydrogens is 314 g/mol. The maximum atomic E-state index is 12.0. The molecule has 9 nitrogen and oxygen atoms in total. The lowest BCUT2D eigenvalue weighted by atomic mass is 10.2. The predicted molar refractivity (Wildman–Crippen MR) is 87.6 cm³/mol. The normalized spacial score (nSPS) is 10.5. The summed E-state index contributed by atoms with van der Waals surface area (Å²) in [6.07, 6.45) is 4.17. The van der Waals surface area contributed by atoms with Crippen molar-refractivity contribution in [2.75, 3.05) is 27.1 Å². The van der Waals surface area contributed by atoms with Crippen LogP contribution in [0.1, 0.15) is 16.1 Å². The van der Waals surface area contributed by atoms with Gasteiger partial charge in [0, 0.05) is 18.0 Å². The fourth-order valence-corrected chi connectivity index (χ4v) is 1.96. The van der Waals surface area contributed by atoms with Gasteiger partial charge in [0.1, 0.15) is 0 Å². The van der Waals surface area contributed by atoms with Crippen molar-refractivity contribution in [2.24, 2.45) is 5.10 Å². The molecule has 3 N–H and O–H groups in total. The number of carbonyl (C=O) groups is 1. The number of ether oxygens (including phenoxy) is 3. The zero-order chi connectivity index (χ0) is 17.5. The van der Waals surface area contributed by atoms with Crippen molar-refractivity contribution in [2.45, 2.75) is 0 Å². The van der Waals surface area contributed by atoms with Gasteiger partial charge in [-0.05, 0) is 12.1 Å². The molecule has 1 aromatic heterocycles. The minimum atomic E-state index is -0.573. The summed E-state index contributed by atoms with van der Waals surface area (Å²) in [5.74, 6) is 0.815. The Hall–Kier alpha value is -3.36. The number of benzene rings is 1. The molecule has 2 aromatic rings. The number of nitrogens with zero attached hydrogens (tertiary/aromatic N) is 3. The summed E-state index contributed by atoms with van der Waals surface area (Å²) in [7, 11) is 4.52. The maximum Gasteiger partial charge on any atom is 0.293 e. The molecule has 9 heteroatoms. The Kier molecular flexibility index (Phi) is 5.50. The molecule has 0 aliphatic rings. The highest BCUT2D eigenvalue weighted by Gasteiger charge is 2.15. The first-order chi connectivity index (χ1) is 11.6. The molecule has 2 rings (SSSR count). The number of hydrogen-bond acceptors (Lipinski definition) is 8. The Labute approximate surface area is 138 Å². The molecule has 0 saturated carbocycles. The molecule has 0 saturated heterocycles. The van der Waals surface area contributed by atoms with Crippen LogP contribution in [0.4, 0.5) is 5.82 Å². The Morgan fingerprint density at radius 2 is 1.83 bits per heavy atom. The van der Waals surface area contributed by atoms with Gasteiger partial charge in [-0.3, -0.25) is 4.79 Å². The first kappa shape index (κ1) is 17.0. The molecule has 1 aromatic carbocycles. The summed E-state index contributed by atoms with van der Waals surface area (Å²) < 4.78 is 15.8. The van der Waals surface area contributed by atoms with Gasteiger partial charge in [0.25, 0.3) is 5.91 Å². The van der Waals surface area contributed by atoms with Gasteiger partial charge in [-0.2, -0.15) is 5.10 Å². The minimum Gasteiger partial charge on any atom is -0.493 e. The molecule has 0 fully saturated rings. The number of carbonyl (C=O) groups excluding carboxylic acids is 1. The molecule has 1 amide bonds. The van der Waals surface area contributed by atoms with Crippen LogP contribution in [0.25, 0.3) is 0 Å². The third kappa shape index (κ3) is 3.51. The molecule has 126 valence electrons. The van der Waals surface area contributed by atoms with Gasteiger partial charge in [-0.25, -0.2) is 15.4 Å². The van der Waals surface area contributed by atoms with Crippen LogP contribution in [0, 0.1) is 0 Å². The average molecular weight is 331 g/mol. The lowest BCUT2D eigenvalue weighted by Gasteiger charge is -2.13. The van der Waals surface area contributed by atoms with E-state index in [1.54, 1.807) is 12.1 Å². The summed E-state index contributed by atoms with van der Waals surface area (Å²) in [4.78, 5) is 19.6. The SMILES string of the molecule is COc1ccc(/C=N\NC(=O)c2nccnc2N)c(OC)c1OC. The summed E-state index contributed by atoms with van der Waals surface area (Å²) in [6, 6.07) is 3.41. The van der Waals surface area contributed by atoms with E-state index >= 15 is 0 Å². The highest BCUT2D eigenvalue weighted by atomic mass is 16.5.